The van der Waals surface area contributed by atoms with E-state index in [9.17, 15) is 4.79 Å². The lowest BCUT2D eigenvalue weighted by molar-refractivity contribution is -0.120. The Bertz CT molecular complexity index is 499. The van der Waals surface area contributed by atoms with Crippen molar-refractivity contribution in [3.63, 3.8) is 0 Å². The average molecular weight is 353 g/mol. The van der Waals surface area contributed by atoms with E-state index in [0.717, 1.165) is 22.6 Å². The van der Waals surface area contributed by atoms with Gasteiger partial charge in [0.2, 0.25) is 5.91 Å². The van der Waals surface area contributed by atoms with E-state index >= 15 is 0 Å². The first-order chi connectivity index (χ1) is 10.6. The van der Waals surface area contributed by atoms with E-state index in [1.807, 2.05) is 13.8 Å². The summed E-state index contributed by atoms with van der Waals surface area (Å²) in [6, 6.07) is 0.00310. The van der Waals surface area contributed by atoms with E-state index < -0.39 is 0 Å². The fraction of sp³-hybridized carbons (Fsp3) is 0.722. The second-order valence-electron chi connectivity index (χ2n) is 7.79. The Labute approximate surface area is 150 Å². The summed E-state index contributed by atoms with van der Waals surface area (Å²) in [6.45, 7) is 12.3. The number of hydrogen-bond donors (Lipinski definition) is 2. The maximum Gasteiger partial charge on any atom is 0.226 e. The molecule has 0 aromatic rings. The number of thiocarbonyl (C=S) groups is 2. The molecule has 2 fully saturated rings. The van der Waals surface area contributed by atoms with Crippen molar-refractivity contribution in [1.82, 2.24) is 10.6 Å². The quantitative estimate of drug-likeness (QED) is 0.621. The Balaban J connectivity index is 1.75. The number of hydrogen-bond acceptors (Lipinski definition) is 4. The van der Waals surface area contributed by atoms with Crippen LogP contribution < -0.4 is 10.6 Å². The molecule has 0 saturated heterocycles. The predicted molar refractivity (Wildman–Crippen MR) is 104 cm³/mol. The zero-order valence-corrected chi connectivity index (χ0v) is 16.3. The number of amides is 1. The molecule has 2 aliphatic rings. The van der Waals surface area contributed by atoms with E-state index in [0.29, 0.717) is 5.70 Å². The fourth-order valence-electron chi connectivity index (χ4n) is 2.89. The summed E-state index contributed by atoms with van der Waals surface area (Å²) in [4.78, 5) is 14.2. The molecule has 0 bridgehead atoms. The van der Waals surface area contributed by atoms with Gasteiger partial charge >= 0.3 is 0 Å². The van der Waals surface area contributed by atoms with Gasteiger partial charge in [-0.3, -0.25) is 4.79 Å². The van der Waals surface area contributed by atoms with Gasteiger partial charge in [-0.25, -0.2) is 0 Å². The molecule has 2 unspecified atom stereocenters. The van der Waals surface area contributed by atoms with E-state index in [1.165, 1.54) is 12.8 Å². The molecular weight excluding hydrogens is 324 g/mol. The van der Waals surface area contributed by atoms with Crippen LogP contribution in [0, 0.1) is 10.8 Å². The molecule has 0 heterocycles. The highest BCUT2D eigenvalue weighted by molar-refractivity contribution is 7.80. The highest BCUT2D eigenvalue weighted by Crippen LogP contribution is 2.48. The largest absolute Gasteiger partial charge is 0.381 e. The van der Waals surface area contributed by atoms with Crippen molar-refractivity contribution in [3.8, 4) is 0 Å². The maximum absolute atomic E-state index is 12.2. The van der Waals surface area contributed by atoms with Gasteiger partial charge in [-0.1, -0.05) is 44.9 Å². The van der Waals surface area contributed by atoms with E-state index in [1.54, 1.807) is 0 Å². The molecular formula is C18H28N2OS2. The second kappa shape index (κ2) is 6.60. The van der Waals surface area contributed by atoms with Gasteiger partial charge in [0, 0.05) is 26.3 Å². The van der Waals surface area contributed by atoms with Crippen LogP contribution in [0.2, 0.25) is 0 Å². The van der Waals surface area contributed by atoms with Crippen LogP contribution >= 0.6 is 24.4 Å². The molecule has 0 aromatic heterocycles. The molecule has 5 heteroatoms. The minimum atomic E-state index is -0.0679. The van der Waals surface area contributed by atoms with Crippen LogP contribution in [0.1, 0.15) is 59.8 Å². The van der Waals surface area contributed by atoms with Gasteiger partial charge < -0.3 is 10.6 Å². The first kappa shape index (κ1) is 18.5. The molecule has 0 aliphatic heterocycles. The third kappa shape index (κ3) is 4.60. The standard InChI is InChI=1S/C18H28N2OS2/c1-11(19-12(2)15(22)17(4)6-7-17)10-14(21)20-13(3)16(23)18(5)8-9-18/h12-13,19H,1,6-10H2,2-5H3,(H,20,21). The van der Waals surface area contributed by atoms with Gasteiger partial charge in [-0.2, -0.15) is 0 Å². The summed E-state index contributed by atoms with van der Waals surface area (Å²) in [7, 11) is 0. The van der Waals surface area contributed by atoms with Crippen molar-refractivity contribution in [3.05, 3.63) is 12.3 Å². The first-order valence-corrected chi connectivity index (χ1v) is 9.21. The summed E-state index contributed by atoms with van der Waals surface area (Å²) in [6.07, 6.45) is 4.85. The van der Waals surface area contributed by atoms with Crippen molar-refractivity contribution < 1.29 is 4.79 Å². The zero-order valence-electron chi connectivity index (χ0n) is 14.6. The van der Waals surface area contributed by atoms with Gasteiger partial charge in [0.1, 0.15) is 0 Å². The molecule has 1 amide bonds. The number of rotatable bonds is 9. The Morgan fingerprint density at radius 1 is 1.00 bits per heavy atom. The number of nitrogens with one attached hydrogen (secondary N) is 2. The van der Waals surface area contributed by atoms with Gasteiger partial charge in [0.25, 0.3) is 0 Å². The predicted octanol–water partition coefficient (Wildman–Crippen LogP) is 3.71. The average Bonchev–Trinajstić information content (AvgIpc) is 3.37. The van der Waals surface area contributed by atoms with Gasteiger partial charge in [-0.15, -0.1) is 0 Å². The molecule has 2 rings (SSSR count). The molecule has 3 nitrogen and oxygen atoms in total. The number of carbonyl (C=O) groups excluding carboxylic acids is 1. The van der Waals surface area contributed by atoms with Crippen LogP contribution in [0.25, 0.3) is 0 Å². The van der Waals surface area contributed by atoms with Crippen molar-refractivity contribution in [1.29, 1.82) is 0 Å². The van der Waals surface area contributed by atoms with Crippen molar-refractivity contribution >= 4 is 40.1 Å². The Morgan fingerprint density at radius 2 is 1.39 bits per heavy atom. The van der Waals surface area contributed by atoms with Gasteiger partial charge in [-0.05, 0) is 39.5 Å². The summed E-state index contributed by atoms with van der Waals surface area (Å²) in [5.74, 6) is -0.0441. The molecule has 2 N–H and O–H groups in total. The van der Waals surface area contributed by atoms with E-state index in [4.69, 9.17) is 24.4 Å². The highest BCUT2D eigenvalue weighted by atomic mass is 32.1. The fourth-order valence-corrected chi connectivity index (χ4v) is 3.41. The Morgan fingerprint density at radius 3 is 1.78 bits per heavy atom. The monoisotopic (exact) mass is 352 g/mol. The molecule has 0 spiro atoms. The van der Waals surface area contributed by atoms with Crippen LogP contribution in [0.3, 0.4) is 0 Å². The molecule has 128 valence electrons. The lowest BCUT2D eigenvalue weighted by atomic mass is 9.99. The zero-order chi connectivity index (χ0) is 17.4. The molecule has 0 aromatic carbocycles. The van der Waals surface area contributed by atoms with Crippen molar-refractivity contribution in [2.45, 2.75) is 71.9 Å². The summed E-state index contributed by atoms with van der Waals surface area (Å²) in [5, 5.41) is 6.26. The lowest BCUT2D eigenvalue weighted by Gasteiger charge is -2.23. The molecule has 2 saturated carbocycles. The lowest BCUT2D eigenvalue weighted by Crippen LogP contribution is -2.42. The summed E-state index contributed by atoms with van der Waals surface area (Å²) in [5.41, 5.74) is 1.06. The minimum absolute atomic E-state index is 0.0441. The smallest absolute Gasteiger partial charge is 0.226 e. The highest BCUT2D eigenvalue weighted by Gasteiger charge is 2.44. The summed E-state index contributed by atoms with van der Waals surface area (Å²) >= 11 is 11.0. The van der Waals surface area contributed by atoms with Crippen LogP contribution in [0.4, 0.5) is 0 Å². The SMILES string of the molecule is C=C(CC(=O)NC(C)C(=S)C1(C)CC1)NC(C)C(=S)C1(C)CC1. The maximum atomic E-state index is 12.2. The first-order valence-electron chi connectivity index (χ1n) is 8.40. The van der Waals surface area contributed by atoms with Crippen LogP contribution in [-0.2, 0) is 4.79 Å². The van der Waals surface area contributed by atoms with Crippen LogP contribution in [0.5, 0.6) is 0 Å². The second-order valence-corrected chi connectivity index (χ2v) is 8.67. The van der Waals surface area contributed by atoms with Crippen LogP contribution in [-0.4, -0.2) is 27.7 Å². The van der Waals surface area contributed by atoms with E-state index in [-0.39, 0.29) is 35.2 Å². The van der Waals surface area contributed by atoms with E-state index in [2.05, 4.69) is 31.1 Å². The molecule has 23 heavy (non-hydrogen) atoms. The Hall–Kier alpha value is -0.810. The van der Waals surface area contributed by atoms with Crippen LogP contribution in [0.15, 0.2) is 12.3 Å². The molecule has 2 atom stereocenters. The Kier molecular flexibility index (Phi) is 5.31. The molecule has 0 radical (unpaired) electrons. The van der Waals surface area contributed by atoms with Gasteiger partial charge in [0.15, 0.2) is 0 Å². The number of carbonyl (C=O) groups is 1. The topological polar surface area (TPSA) is 41.1 Å². The minimum Gasteiger partial charge on any atom is -0.381 e. The third-order valence-electron chi connectivity index (χ3n) is 5.15. The van der Waals surface area contributed by atoms with Gasteiger partial charge in [0.05, 0.1) is 18.5 Å². The molecule has 2 aliphatic carbocycles. The van der Waals surface area contributed by atoms with Crippen molar-refractivity contribution in [2.24, 2.45) is 10.8 Å². The normalized spacial score (nSPS) is 22.4. The van der Waals surface area contributed by atoms with Crippen molar-refractivity contribution in [2.75, 3.05) is 0 Å². The third-order valence-corrected chi connectivity index (χ3v) is 6.84. The summed E-state index contributed by atoms with van der Waals surface area (Å²) < 4.78 is 0.